The van der Waals surface area contributed by atoms with E-state index in [-0.39, 0.29) is 5.54 Å². The second-order valence-corrected chi connectivity index (χ2v) is 3.91. The lowest BCUT2D eigenvalue weighted by atomic mass is 10.0. The van der Waals surface area contributed by atoms with Gasteiger partial charge >= 0.3 is 0 Å². The molecule has 2 rings (SSSR count). The first-order chi connectivity index (χ1) is 6.29. The van der Waals surface area contributed by atoms with Gasteiger partial charge in [0.25, 0.3) is 0 Å². The molecule has 72 valence electrons. The van der Waals surface area contributed by atoms with Crippen LogP contribution in [0.15, 0.2) is 18.3 Å². The number of aromatic amines is 1. The quantitative estimate of drug-likeness (QED) is 0.735. The van der Waals surface area contributed by atoms with Crippen molar-refractivity contribution in [3.8, 4) is 0 Å². The minimum Gasteiger partial charge on any atom is -0.379 e. The average Bonchev–Trinajstić information content (AvgIpc) is 2.72. The number of hydrogen-bond donors (Lipinski definition) is 2. The lowest BCUT2D eigenvalue weighted by Crippen LogP contribution is -2.42. The second-order valence-electron chi connectivity index (χ2n) is 3.91. The van der Waals surface area contributed by atoms with Gasteiger partial charge in [-0.3, -0.25) is 0 Å². The Labute approximate surface area is 78.5 Å². The Hall–Kier alpha value is -0.800. The molecule has 0 aliphatic carbocycles. The van der Waals surface area contributed by atoms with Gasteiger partial charge in [0.15, 0.2) is 0 Å². The molecular weight excluding hydrogens is 164 g/mol. The van der Waals surface area contributed by atoms with Crippen molar-refractivity contribution < 1.29 is 4.74 Å². The Bertz CT molecular complexity index is 250. The zero-order chi connectivity index (χ0) is 9.15. The first-order valence-electron chi connectivity index (χ1n) is 4.74. The van der Waals surface area contributed by atoms with Crippen molar-refractivity contribution >= 4 is 0 Å². The third-order valence-electron chi connectivity index (χ3n) is 2.59. The maximum Gasteiger partial charge on any atom is 0.0646 e. The van der Waals surface area contributed by atoms with E-state index in [4.69, 9.17) is 4.74 Å². The van der Waals surface area contributed by atoms with Crippen molar-refractivity contribution in [2.24, 2.45) is 0 Å². The van der Waals surface area contributed by atoms with Crippen LogP contribution in [0.4, 0.5) is 0 Å². The van der Waals surface area contributed by atoms with Crippen LogP contribution in [0.1, 0.15) is 19.0 Å². The van der Waals surface area contributed by atoms with Gasteiger partial charge in [0, 0.05) is 30.6 Å². The molecule has 1 aromatic rings. The summed E-state index contributed by atoms with van der Waals surface area (Å²) >= 11 is 0. The molecule has 3 heteroatoms. The minimum atomic E-state index is 0.172. The molecular formula is C10H16N2O. The van der Waals surface area contributed by atoms with Crippen LogP contribution in [0, 0.1) is 0 Å². The SMILES string of the molecule is CC1(NCc2ccc[nH]2)CCOC1. The zero-order valence-electron chi connectivity index (χ0n) is 7.97. The summed E-state index contributed by atoms with van der Waals surface area (Å²) in [6.45, 7) is 4.82. The third-order valence-corrected chi connectivity index (χ3v) is 2.59. The average molecular weight is 180 g/mol. The standard InChI is InChI=1S/C10H16N2O/c1-10(4-6-13-8-10)12-7-9-3-2-5-11-9/h2-3,5,11-12H,4,6-8H2,1H3. The van der Waals surface area contributed by atoms with Gasteiger partial charge in [-0.25, -0.2) is 0 Å². The second kappa shape index (κ2) is 3.52. The fourth-order valence-electron chi connectivity index (χ4n) is 1.59. The van der Waals surface area contributed by atoms with Crippen LogP contribution < -0.4 is 5.32 Å². The Morgan fingerprint density at radius 2 is 2.62 bits per heavy atom. The first-order valence-corrected chi connectivity index (χ1v) is 4.74. The van der Waals surface area contributed by atoms with Gasteiger partial charge in [0.2, 0.25) is 0 Å². The summed E-state index contributed by atoms with van der Waals surface area (Å²) in [5, 5.41) is 3.50. The molecule has 0 spiro atoms. The smallest absolute Gasteiger partial charge is 0.0646 e. The van der Waals surface area contributed by atoms with Gasteiger partial charge < -0.3 is 15.0 Å². The van der Waals surface area contributed by atoms with E-state index >= 15 is 0 Å². The summed E-state index contributed by atoms with van der Waals surface area (Å²) in [6, 6.07) is 4.11. The summed E-state index contributed by atoms with van der Waals surface area (Å²) in [7, 11) is 0. The number of aromatic nitrogens is 1. The zero-order valence-corrected chi connectivity index (χ0v) is 7.97. The van der Waals surface area contributed by atoms with E-state index in [1.165, 1.54) is 5.69 Å². The summed E-state index contributed by atoms with van der Waals surface area (Å²) in [4.78, 5) is 3.18. The summed E-state index contributed by atoms with van der Waals surface area (Å²) in [5.41, 5.74) is 1.40. The van der Waals surface area contributed by atoms with Crippen molar-refractivity contribution in [1.82, 2.24) is 10.3 Å². The molecule has 1 aliphatic rings. The van der Waals surface area contributed by atoms with Crippen LogP contribution in [0.3, 0.4) is 0 Å². The van der Waals surface area contributed by atoms with Gasteiger partial charge in [-0.2, -0.15) is 0 Å². The van der Waals surface area contributed by atoms with Crippen molar-refractivity contribution in [2.45, 2.75) is 25.4 Å². The summed E-state index contributed by atoms with van der Waals surface area (Å²) in [6.07, 6.45) is 3.05. The summed E-state index contributed by atoms with van der Waals surface area (Å²) < 4.78 is 5.36. The van der Waals surface area contributed by atoms with Crippen molar-refractivity contribution in [3.05, 3.63) is 24.0 Å². The van der Waals surface area contributed by atoms with Crippen LogP contribution in [0.25, 0.3) is 0 Å². The molecule has 0 saturated carbocycles. The largest absolute Gasteiger partial charge is 0.379 e. The minimum absolute atomic E-state index is 0.172. The molecule has 3 nitrogen and oxygen atoms in total. The van der Waals surface area contributed by atoms with E-state index < -0.39 is 0 Å². The van der Waals surface area contributed by atoms with Crippen LogP contribution in [-0.4, -0.2) is 23.7 Å². The molecule has 1 aliphatic heterocycles. The molecule has 2 heterocycles. The fraction of sp³-hybridized carbons (Fsp3) is 0.600. The molecule has 0 aromatic carbocycles. The van der Waals surface area contributed by atoms with Gasteiger partial charge in [0.05, 0.1) is 6.61 Å². The molecule has 1 saturated heterocycles. The summed E-state index contributed by atoms with van der Waals surface area (Å²) in [5.74, 6) is 0. The predicted molar refractivity (Wildman–Crippen MR) is 51.5 cm³/mol. The highest BCUT2D eigenvalue weighted by atomic mass is 16.5. The lowest BCUT2D eigenvalue weighted by molar-refractivity contribution is 0.171. The maximum atomic E-state index is 5.36. The van der Waals surface area contributed by atoms with E-state index in [9.17, 15) is 0 Å². The number of nitrogens with one attached hydrogen (secondary N) is 2. The van der Waals surface area contributed by atoms with Gasteiger partial charge in [-0.05, 0) is 25.5 Å². The molecule has 0 radical (unpaired) electrons. The number of hydrogen-bond acceptors (Lipinski definition) is 2. The molecule has 1 fully saturated rings. The Morgan fingerprint density at radius 3 is 3.23 bits per heavy atom. The Balaban J connectivity index is 1.85. The highest BCUT2D eigenvalue weighted by Gasteiger charge is 2.28. The Kier molecular flexibility index (Phi) is 2.38. The predicted octanol–water partition coefficient (Wildman–Crippen LogP) is 1.28. The fourth-order valence-corrected chi connectivity index (χ4v) is 1.59. The van der Waals surface area contributed by atoms with E-state index in [0.717, 1.165) is 26.2 Å². The number of ether oxygens (including phenoxy) is 1. The highest BCUT2D eigenvalue weighted by molar-refractivity contribution is 5.04. The topological polar surface area (TPSA) is 37.0 Å². The van der Waals surface area contributed by atoms with Crippen LogP contribution >= 0.6 is 0 Å². The molecule has 0 amide bonds. The first kappa shape index (κ1) is 8.78. The lowest BCUT2D eigenvalue weighted by Gasteiger charge is -2.23. The van der Waals surface area contributed by atoms with Crippen LogP contribution in [0.2, 0.25) is 0 Å². The molecule has 13 heavy (non-hydrogen) atoms. The molecule has 1 atom stereocenters. The highest BCUT2D eigenvalue weighted by Crippen LogP contribution is 2.17. The van der Waals surface area contributed by atoms with Gasteiger partial charge in [0.1, 0.15) is 0 Å². The number of rotatable bonds is 3. The van der Waals surface area contributed by atoms with E-state index in [1.54, 1.807) is 0 Å². The van der Waals surface area contributed by atoms with Crippen molar-refractivity contribution in [2.75, 3.05) is 13.2 Å². The monoisotopic (exact) mass is 180 g/mol. The van der Waals surface area contributed by atoms with E-state index in [0.29, 0.717) is 0 Å². The van der Waals surface area contributed by atoms with Crippen molar-refractivity contribution in [1.29, 1.82) is 0 Å². The van der Waals surface area contributed by atoms with Crippen LogP contribution in [0.5, 0.6) is 0 Å². The van der Waals surface area contributed by atoms with Crippen molar-refractivity contribution in [3.63, 3.8) is 0 Å². The molecule has 1 unspecified atom stereocenters. The maximum absolute atomic E-state index is 5.36. The molecule has 0 bridgehead atoms. The molecule has 1 aromatic heterocycles. The third kappa shape index (κ3) is 2.11. The van der Waals surface area contributed by atoms with Gasteiger partial charge in [-0.1, -0.05) is 0 Å². The Morgan fingerprint density at radius 1 is 1.69 bits per heavy atom. The normalized spacial score (nSPS) is 28.1. The van der Waals surface area contributed by atoms with E-state index in [1.807, 2.05) is 12.3 Å². The van der Waals surface area contributed by atoms with Crippen LogP contribution in [-0.2, 0) is 11.3 Å². The van der Waals surface area contributed by atoms with Gasteiger partial charge in [-0.15, -0.1) is 0 Å². The molecule has 2 N–H and O–H groups in total. The number of H-pyrrole nitrogens is 1. The van der Waals surface area contributed by atoms with E-state index in [2.05, 4.69) is 23.3 Å².